The van der Waals surface area contributed by atoms with E-state index >= 15 is 0 Å². The van der Waals surface area contributed by atoms with E-state index in [1.54, 1.807) is 0 Å². The van der Waals surface area contributed by atoms with E-state index < -0.39 is 0 Å². The van der Waals surface area contributed by atoms with Crippen molar-refractivity contribution >= 4 is 10.9 Å². The number of aliphatic hydroxyl groups excluding tert-OH is 1. The maximum Gasteiger partial charge on any atom is 0.0841 e. The molecule has 2 N–H and O–H groups in total. The summed E-state index contributed by atoms with van der Waals surface area (Å²) in [4.78, 5) is 0. The average molecular weight is 275 g/mol. The first-order valence-electron chi connectivity index (χ1n) is 7.18. The standard InChI is InChI=1S/C16H25N3O/c1-16(2,3)15(9-10-20)17-11-13-12-7-5-6-8-14(12)19(4)18-13/h5-8,15,17,20H,9-11H2,1-4H3. The maximum absolute atomic E-state index is 9.21. The van der Waals surface area contributed by atoms with Crippen molar-refractivity contribution < 1.29 is 5.11 Å². The summed E-state index contributed by atoms with van der Waals surface area (Å²) in [6, 6.07) is 8.54. The van der Waals surface area contributed by atoms with Crippen LogP contribution >= 0.6 is 0 Å². The molecule has 0 spiro atoms. The Labute approximate surface area is 120 Å². The predicted molar refractivity (Wildman–Crippen MR) is 82.5 cm³/mol. The largest absolute Gasteiger partial charge is 0.396 e. The summed E-state index contributed by atoms with van der Waals surface area (Å²) >= 11 is 0. The molecule has 1 heterocycles. The number of nitrogens with zero attached hydrogens (tertiary/aromatic N) is 2. The molecule has 0 saturated heterocycles. The van der Waals surface area contributed by atoms with Gasteiger partial charge >= 0.3 is 0 Å². The Morgan fingerprint density at radius 2 is 2.00 bits per heavy atom. The highest BCUT2D eigenvalue weighted by Crippen LogP contribution is 2.23. The maximum atomic E-state index is 9.21. The van der Waals surface area contributed by atoms with E-state index in [0.717, 1.165) is 24.2 Å². The van der Waals surface area contributed by atoms with Crippen LogP contribution in [0.15, 0.2) is 24.3 Å². The molecule has 1 aromatic heterocycles. The van der Waals surface area contributed by atoms with Crippen molar-refractivity contribution in [2.45, 2.75) is 39.8 Å². The normalized spacial score (nSPS) is 13.8. The highest BCUT2D eigenvalue weighted by molar-refractivity contribution is 5.81. The van der Waals surface area contributed by atoms with Crippen molar-refractivity contribution in [3.63, 3.8) is 0 Å². The quantitative estimate of drug-likeness (QED) is 0.881. The minimum Gasteiger partial charge on any atom is -0.396 e. The molecule has 110 valence electrons. The molecule has 4 heteroatoms. The lowest BCUT2D eigenvalue weighted by Crippen LogP contribution is -2.40. The van der Waals surface area contributed by atoms with E-state index in [9.17, 15) is 5.11 Å². The molecule has 2 rings (SSSR count). The van der Waals surface area contributed by atoms with Gasteiger partial charge in [-0.15, -0.1) is 0 Å². The number of rotatable bonds is 5. The summed E-state index contributed by atoms with van der Waals surface area (Å²) in [6.45, 7) is 7.51. The first-order valence-corrected chi connectivity index (χ1v) is 7.18. The van der Waals surface area contributed by atoms with E-state index in [-0.39, 0.29) is 18.1 Å². The lowest BCUT2D eigenvalue weighted by Gasteiger charge is -2.31. The molecule has 1 unspecified atom stereocenters. The molecule has 0 radical (unpaired) electrons. The van der Waals surface area contributed by atoms with Crippen LogP contribution < -0.4 is 5.32 Å². The number of nitrogens with one attached hydrogen (secondary N) is 1. The zero-order valence-electron chi connectivity index (χ0n) is 12.8. The lowest BCUT2D eigenvalue weighted by molar-refractivity contribution is 0.196. The van der Waals surface area contributed by atoms with Gasteiger partial charge in [-0.25, -0.2) is 0 Å². The molecule has 0 saturated carbocycles. The third kappa shape index (κ3) is 3.19. The lowest BCUT2D eigenvalue weighted by atomic mass is 9.85. The monoisotopic (exact) mass is 275 g/mol. The van der Waals surface area contributed by atoms with Gasteiger partial charge in [-0.05, 0) is 17.9 Å². The number of aryl methyl sites for hydroxylation is 1. The van der Waals surface area contributed by atoms with E-state index in [2.05, 4.69) is 43.3 Å². The topological polar surface area (TPSA) is 50.1 Å². The number of hydrogen-bond donors (Lipinski definition) is 2. The van der Waals surface area contributed by atoms with Crippen LogP contribution in [0.4, 0.5) is 0 Å². The van der Waals surface area contributed by atoms with Crippen molar-refractivity contribution in [3.8, 4) is 0 Å². The Kier molecular flexibility index (Phi) is 4.45. The Morgan fingerprint density at radius 3 is 2.65 bits per heavy atom. The fourth-order valence-corrected chi connectivity index (χ4v) is 2.61. The molecule has 0 fully saturated rings. The molecular formula is C16H25N3O. The van der Waals surface area contributed by atoms with Crippen molar-refractivity contribution in [2.75, 3.05) is 6.61 Å². The van der Waals surface area contributed by atoms with Crippen molar-refractivity contribution in [3.05, 3.63) is 30.0 Å². The zero-order valence-corrected chi connectivity index (χ0v) is 12.8. The van der Waals surface area contributed by atoms with Crippen molar-refractivity contribution in [1.29, 1.82) is 0 Å². The Bertz CT molecular complexity index is 569. The summed E-state index contributed by atoms with van der Waals surface area (Å²) < 4.78 is 1.92. The van der Waals surface area contributed by atoms with Crippen molar-refractivity contribution in [2.24, 2.45) is 12.5 Å². The fourth-order valence-electron chi connectivity index (χ4n) is 2.61. The summed E-state index contributed by atoms with van der Waals surface area (Å²) in [5.74, 6) is 0. The van der Waals surface area contributed by atoms with Gasteiger partial charge in [-0.2, -0.15) is 5.10 Å². The number of hydrogen-bond acceptors (Lipinski definition) is 3. The van der Waals surface area contributed by atoms with E-state index in [0.29, 0.717) is 0 Å². The Balaban J connectivity index is 2.16. The van der Waals surface area contributed by atoms with Crippen LogP contribution in [0.1, 0.15) is 32.9 Å². The summed E-state index contributed by atoms with van der Waals surface area (Å²) in [5.41, 5.74) is 2.34. The fraction of sp³-hybridized carbons (Fsp3) is 0.562. The number of aromatic nitrogens is 2. The Hall–Kier alpha value is -1.39. The second-order valence-corrected chi connectivity index (χ2v) is 6.40. The highest BCUT2D eigenvalue weighted by Gasteiger charge is 2.24. The summed E-state index contributed by atoms with van der Waals surface area (Å²) in [7, 11) is 1.97. The number of fused-ring (bicyclic) bond motifs is 1. The van der Waals surface area contributed by atoms with Crippen LogP contribution in [-0.2, 0) is 13.6 Å². The van der Waals surface area contributed by atoms with Crippen LogP contribution in [0, 0.1) is 5.41 Å². The van der Waals surface area contributed by atoms with Crippen LogP contribution in [0.25, 0.3) is 10.9 Å². The third-order valence-electron chi connectivity index (χ3n) is 3.81. The molecule has 2 aromatic rings. The summed E-state index contributed by atoms with van der Waals surface area (Å²) in [6.07, 6.45) is 0.758. The SMILES string of the molecule is Cn1nc(CNC(CCO)C(C)(C)C)c2ccccc21. The third-order valence-corrected chi connectivity index (χ3v) is 3.81. The molecular weight excluding hydrogens is 250 g/mol. The molecule has 0 aliphatic rings. The van der Waals surface area contributed by atoms with E-state index in [4.69, 9.17) is 0 Å². The van der Waals surface area contributed by atoms with Gasteiger partial charge in [0.25, 0.3) is 0 Å². The van der Waals surface area contributed by atoms with E-state index in [1.807, 2.05) is 23.9 Å². The smallest absolute Gasteiger partial charge is 0.0841 e. The minimum atomic E-state index is 0.118. The van der Waals surface area contributed by atoms with Gasteiger partial charge < -0.3 is 10.4 Å². The first-order chi connectivity index (χ1) is 9.43. The predicted octanol–water partition coefficient (Wildman–Crippen LogP) is 2.46. The van der Waals surface area contributed by atoms with Crippen LogP contribution in [-0.4, -0.2) is 27.5 Å². The second-order valence-electron chi connectivity index (χ2n) is 6.40. The van der Waals surface area contributed by atoms with Gasteiger partial charge in [0.05, 0.1) is 11.2 Å². The molecule has 1 aromatic carbocycles. The molecule has 0 aliphatic heterocycles. The Morgan fingerprint density at radius 1 is 1.30 bits per heavy atom. The average Bonchev–Trinajstić information content (AvgIpc) is 2.71. The van der Waals surface area contributed by atoms with Gasteiger partial charge in [0.2, 0.25) is 0 Å². The van der Waals surface area contributed by atoms with Crippen molar-refractivity contribution in [1.82, 2.24) is 15.1 Å². The van der Waals surface area contributed by atoms with Gasteiger partial charge in [0.15, 0.2) is 0 Å². The van der Waals surface area contributed by atoms with Crippen LogP contribution in [0.5, 0.6) is 0 Å². The van der Waals surface area contributed by atoms with Gasteiger partial charge in [0, 0.05) is 31.6 Å². The van der Waals surface area contributed by atoms with E-state index in [1.165, 1.54) is 5.39 Å². The number of benzene rings is 1. The molecule has 0 aliphatic carbocycles. The number of aliphatic hydroxyl groups is 1. The molecule has 4 nitrogen and oxygen atoms in total. The number of para-hydroxylation sites is 1. The second kappa shape index (κ2) is 5.94. The van der Waals surface area contributed by atoms with Gasteiger partial charge in [-0.1, -0.05) is 39.0 Å². The summed E-state index contributed by atoms with van der Waals surface area (Å²) in [5, 5.41) is 18.5. The van der Waals surface area contributed by atoms with Gasteiger partial charge in [-0.3, -0.25) is 4.68 Å². The van der Waals surface area contributed by atoms with Crippen LogP contribution in [0.3, 0.4) is 0 Å². The highest BCUT2D eigenvalue weighted by atomic mass is 16.3. The first kappa shape index (κ1) is 15.0. The molecule has 1 atom stereocenters. The zero-order chi connectivity index (χ0) is 14.8. The van der Waals surface area contributed by atoms with Crippen LogP contribution in [0.2, 0.25) is 0 Å². The molecule has 0 amide bonds. The molecule has 20 heavy (non-hydrogen) atoms. The van der Waals surface area contributed by atoms with Gasteiger partial charge in [0.1, 0.15) is 0 Å². The minimum absolute atomic E-state index is 0.118. The molecule has 0 bridgehead atoms.